The van der Waals surface area contributed by atoms with Crippen LogP contribution in [0.2, 0.25) is 0 Å². The zero-order valence-corrected chi connectivity index (χ0v) is 10.8. The van der Waals surface area contributed by atoms with Crippen molar-refractivity contribution in [3.8, 4) is 0 Å². The van der Waals surface area contributed by atoms with Crippen LogP contribution >= 0.6 is 0 Å². The van der Waals surface area contributed by atoms with Crippen molar-refractivity contribution in [1.82, 2.24) is 0 Å². The maximum absolute atomic E-state index is 13.6. The summed E-state index contributed by atoms with van der Waals surface area (Å²) in [5.74, 6) is -1.79. The number of hydrogen-bond donors (Lipinski definition) is 1. The molecule has 104 valence electrons. The van der Waals surface area contributed by atoms with Gasteiger partial charge in [0.2, 0.25) is 5.91 Å². The van der Waals surface area contributed by atoms with Gasteiger partial charge in [-0.3, -0.25) is 4.79 Å². The highest BCUT2D eigenvalue weighted by Gasteiger charge is 2.28. The number of amides is 1. The third-order valence-electron chi connectivity index (χ3n) is 3.65. The van der Waals surface area contributed by atoms with Crippen molar-refractivity contribution >= 4 is 11.6 Å². The number of nitrogens with zero attached hydrogens (tertiary/aromatic N) is 1. The van der Waals surface area contributed by atoms with Gasteiger partial charge in [0.25, 0.3) is 0 Å². The Morgan fingerprint density at radius 2 is 1.89 bits per heavy atom. The molecule has 3 nitrogen and oxygen atoms in total. The Morgan fingerprint density at radius 3 is 2.47 bits per heavy atom. The number of carbonyl (C=O) groups excluding carboxylic acids is 1. The van der Waals surface area contributed by atoms with Crippen molar-refractivity contribution in [2.45, 2.75) is 31.8 Å². The number of rotatable bonds is 2. The average Bonchev–Trinajstić information content (AvgIpc) is 2.38. The summed E-state index contributed by atoms with van der Waals surface area (Å²) in [4.78, 5) is 13.5. The van der Waals surface area contributed by atoms with E-state index in [1.54, 1.807) is 0 Å². The number of benzene rings is 1. The lowest BCUT2D eigenvalue weighted by molar-refractivity contribution is -0.123. The third kappa shape index (κ3) is 3.10. The van der Waals surface area contributed by atoms with Gasteiger partial charge in [-0.1, -0.05) is 0 Å². The van der Waals surface area contributed by atoms with E-state index in [2.05, 4.69) is 0 Å². The number of aliphatic hydroxyl groups excluding tert-OH is 1. The van der Waals surface area contributed by atoms with Crippen LogP contribution in [-0.4, -0.2) is 24.2 Å². The Morgan fingerprint density at radius 1 is 1.26 bits per heavy atom. The normalized spacial score (nSPS) is 23.2. The second-order valence-corrected chi connectivity index (χ2v) is 5.00. The van der Waals surface area contributed by atoms with E-state index >= 15 is 0 Å². The highest BCUT2D eigenvalue weighted by Crippen LogP contribution is 2.28. The van der Waals surface area contributed by atoms with E-state index in [0.717, 1.165) is 12.1 Å². The number of anilines is 1. The lowest BCUT2D eigenvalue weighted by atomic mass is 9.86. The minimum Gasteiger partial charge on any atom is -0.393 e. The van der Waals surface area contributed by atoms with Crippen molar-refractivity contribution < 1.29 is 18.7 Å². The fourth-order valence-electron chi connectivity index (χ4n) is 2.47. The fourth-order valence-corrected chi connectivity index (χ4v) is 2.47. The van der Waals surface area contributed by atoms with Crippen molar-refractivity contribution in [3.63, 3.8) is 0 Å². The summed E-state index contributed by atoms with van der Waals surface area (Å²) in [5, 5.41) is 9.41. The van der Waals surface area contributed by atoms with Crippen molar-refractivity contribution in [2.75, 3.05) is 11.9 Å². The van der Waals surface area contributed by atoms with E-state index in [1.807, 2.05) is 0 Å². The number of hydrogen-bond acceptors (Lipinski definition) is 2. The highest BCUT2D eigenvalue weighted by atomic mass is 19.1. The van der Waals surface area contributed by atoms with Gasteiger partial charge in [-0.05, 0) is 37.8 Å². The molecule has 0 saturated heterocycles. The minimum absolute atomic E-state index is 0.0810. The summed E-state index contributed by atoms with van der Waals surface area (Å²) >= 11 is 0. The van der Waals surface area contributed by atoms with E-state index in [4.69, 9.17) is 0 Å². The molecule has 0 heterocycles. The zero-order valence-electron chi connectivity index (χ0n) is 10.8. The molecule has 1 aromatic rings. The molecule has 0 aromatic heterocycles. The Balaban J connectivity index is 2.10. The molecule has 2 rings (SSSR count). The van der Waals surface area contributed by atoms with Crippen LogP contribution in [-0.2, 0) is 4.79 Å². The first-order valence-corrected chi connectivity index (χ1v) is 6.39. The summed E-state index contributed by atoms with van der Waals surface area (Å²) < 4.78 is 26.5. The lowest BCUT2D eigenvalue weighted by Gasteiger charge is -2.28. The molecule has 1 fully saturated rings. The van der Waals surface area contributed by atoms with Crippen molar-refractivity contribution in [2.24, 2.45) is 5.92 Å². The first kappa shape index (κ1) is 13.9. The maximum atomic E-state index is 13.6. The van der Waals surface area contributed by atoms with E-state index in [0.29, 0.717) is 25.7 Å². The number of carbonyl (C=O) groups is 1. The molecule has 1 aliphatic carbocycles. The molecule has 1 aliphatic rings. The Kier molecular flexibility index (Phi) is 4.14. The molecule has 5 heteroatoms. The van der Waals surface area contributed by atoms with Crippen LogP contribution in [0.3, 0.4) is 0 Å². The molecule has 0 spiro atoms. The van der Waals surface area contributed by atoms with Gasteiger partial charge in [-0.2, -0.15) is 0 Å². The third-order valence-corrected chi connectivity index (χ3v) is 3.65. The molecular weight excluding hydrogens is 252 g/mol. The van der Waals surface area contributed by atoms with Gasteiger partial charge in [0, 0.05) is 19.0 Å². The van der Waals surface area contributed by atoms with E-state index in [-0.39, 0.29) is 23.6 Å². The average molecular weight is 269 g/mol. The molecule has 19 heavy (non-hydrogen) atoms. The van der Waals surface area contributed by atoms with Crippen LogP contribution in [0.1, 0.15) is 25.7 Å². The smallest absolute Gasteiger partial charge is 0.229 e. The van der Waals surface area contributed by atoms with Crippen LogP contribution in [0, 0.1) is 17.6 Å². The van der Waals surface area contributed by atoms with Gasteiger partial charge >= 0.3 is 0 Å². The van der Waals surface area contributed by atoms with Gasteiger partial charge in [0.1, 0.15) is 11.6 Å². The predicted octanol–water partition coefficient (Wildman–Crippen LogP) is 2.48. The minimum atomic E-state index is -0.744. The Labute approximate surface area is 110 Å². The summed E-state index contributed by atoms with van der Waals surface area (Å²) in [5.41, 5.74) is 0.0810. The van der Waals surface area contributed by atoms with E-state index in [9.17, 15) is 18.7 Å². The standard InChI is InChI=1S/C14H17F2NO2/c1-17(13-7-4-10(15)8-12(13)16)14(19)9-2-5-11(18)6-3-9/h4,7-9,11,18H,2-3,5-6H2,1H3. The second-order valence-electron chi connectivity index (χ2n) is 5.00. The van der Waals surface area contributed by atoms with Gasteiger partial charge in [0.05, 0.1) is 11.8 Å². The van der Waals surface area contributed by atoms with Crippen LogP contribution in [0.25, 0.3) is 0 Å². The molecule has 0 unspecified atom stereocenters. The van der Waals surface area contributed by atoms with Gasteiger partial charge in [-0.15, -0.1) is 0 Å². The largest absolute Gasteiger partial charge is 0.393 e. The molecule has 1 amide bonds. The predicted molar refractivity (Wildman–Crippen MR) is 67.7 cm³/mol. The molecular formula is C14H17F2NO2. The Bertz CT molecular complexity index is 471. The fraction of sp³-hybridized carbons (Fsp3) is 0.500. The first-order valence-electron chi connectivity index (χ1n) is 6.39. The molecule has 0 radical (unpaired) electrons. The molecule has 1 saturated carbocycles. The summed E-state index contributed by atoms with van der Waals surface area (Å²) in [6, 6.07) is 3.16. The molecule has 1 N–H and O–H groups in total. The van der Waals surface area contributed by atoms with Crippen LogP contribution < -0.4 is 4.90 Å². The highest BCUT2D eigenvalue weighted by molar-refractivity contribution is 5.94. The summed E-state index contributed by atoms with van der Waals surface area (Å²) in [7, 11) is 1.49. The quantitative estimate of drug-likeness (QED) is 0.896. The summed E-state index contributed by atoms with van der Waals surface area (Å²) in [6.07, 6.45) is 2.06. The molecule has 0 aliphatic heterocycles. The van der Waals surface area contributed by atoms with Crippen LogP contribution in [0.4, 0.5) is 14.5 Å². The zero-order chi connectivity index (χ0) is 14.0. The van der Waals surface area contributed by atoms with Crippen LogP contribution in [0.5, 0.6) is 0 Å². The topological polar surface area (TPSA) is 40.5 Å². The number of halogens is 2. The molecule has 1 aromatic carbocycles. The SMILES string of the molecule is CN(C(=O)C1CCC(O)CC1)c1ccc(F)cc1F. The molecule has 0 atom stereocenters. The van der Waals surface area contributed by atoms with E-state index in [1.165, 1.54) is 18.0 Å². The van der Waals surface area contributed by atoms with Crippen LogP contribution in [0.15, 0.2) is 18.2 Å². The lowest BCUT2D eigenvalue weighted by Crippen LogP contribution is -2.36. The second kappa shape index (κ2) is 5.65. The maximum Gasteiger partial charge on any atom is 0.229 e. The van der Waals surface area contributed by atoms with Gasteiger partial charge in [0.15, 0.2) is 0 Å². The number of aliphatic hydroxyl groups is 1. The van der Waals surface area contributed by atoms with Gasteiger partial charge in [-0.25, -0.2) is 8.78 Å². The Hall–Kier alpha value is -1.49. The molecule has 0 bridgehead atoms. The first-order chi connectivity index (χ1) is 8.99. The van der Waals surface area contributed by atoms with Crippen molar-refractivity contribution in [3.05, 3.63) is 29.8 Å². The van der Waals surface area contributed by atoms with E-state index < -0.39 is 11.6 Å². The monoisotopic (exact) mass is 269 g/mol. The van der Waals surface area contributed by atoms with Gasteiger partial charge < -0.3 is 10.0 Å². The summed E-state index contributed by atoms with van der Waals surface area (Å²) in [6.45, 7) is 0. The van der Waals surface area contributed by atoms with Crippen molar-refractivity contribution in [1.29, 1.82) is 0 Å².